The number of hydrogen-bond acceptors (Lipinski definition) is 6. The highest BCUT2D eigenvalue weighted by molar-refractivity contribution is 6.12. The van der Waals surface area contributed by atoms with E-state index in [1.807, 2.05) is 41.9 Å². The molecule has 4 heterocycles. The summed E-state index contributed by atoms with van der Waals surface area (Å²) in [5.74, 6) is 0.415. The molecule has 6 rings (SSSR count). The number of imidazole rings is 1. The average molecular weight is 482 g/mol. The van der Waals surface area contributed by atoms with Gasteiger partial charge in [-0.1, -0.05) is 19.1 Å². The SMILES string of the molecule is CCCn1c(=O)[nH]c(=O)c2c(C(=O)Nc3ccc(-c4cn5cccnc5n4)cc3)cc(C3CC3)nc21. The normalized spacial score (nSPS) is 13.4. The molecule has 10 nitrogen and oxygen atoms in total. The summed E-state index contributed by atoms with van der Waals surface area (Å²) in [7, 11) is 0. The predicted octanol–water partition coefficient (Wildman–Crippen LogP) is 3.33. The molecule has 0 atom stereocenters. The Kier molecular flexibility index (Phi) is 5.21. The predicted molar refractivity (Wildman–Crippen MR) is 135 cm³/mol. The molecule has 1 aromatic carbocycles. The van der Waals surface area contributed by atoms with Crippen molar-refractivity contribution in [2.45, 2.75) is 38.6 Å². The quantitative estimate of drug-likeness (QED) is 0.383. The van der Waals surface area contributed by atoms with Crippen molar-refractivity contribution in [3.8, 4) is 11.3 Å². The first kappa shape index (κ1) is 21.9. The fourth-order valence-electron chi connectivity index (χ4n) is 4.38. The summed E-state index contributed by atoms with van der Waals surface area (Å²) in [6, 6.07) is 10.8. The summed E-state index contributed by atoms with van der Waals surface area (Å²) in [5.41, 5.74) is 2.29. The van der Waals surface area contributed by atoms with Gasteiger partial charge in [-0.3, -0.25) is 23.5 Å². The van der Waals surface area contributed by atoms with Crippen LogP contribution in [0.2, 0.25) is 0 Å². The Labute approximate surface area is 204 Å². The second-order valence-electron chi connectivity index (χ2n) is 8.96. The molecular formula is C26H23N7O3. The number of fused-ring (bicyclic) bond motifs is 2. The summed E-state index contributed by atoms with van der Waals surface area (Å²) in [6.45, 7) is 2.34. The van der Waals surface area contributed by atoms with E-state index in [2.05, 4.69) is 25.3 Å². The summed E-state index contributed by atoms with van der Waals surface area (Å²) in [5, 5.41) is 3.01. The van der Waals surface area contributed by atoms with Crippen LogP contribution < -0.4 is 16.6 Å². The fraction of sp³-hybridized carbons (Fsp3) is 0.231. The van der Waals surface area contributed by atoms with E-state index in [1.165, 1.54) is 4.57 Å². The number of amides is 1. The topological polar surface area (TPSA) is 127 Å². The summed E-state index contributed by atoms with van der Waals surface area (Å²) < 4.78 is 3.28. The molecule has 2 N–H and O–H groups in total. The number of aryl methyl sites for hydroxylation is 1. The minimum atomic E-state index is -0.613. The molecule has 0 bridgehead atoms. The second kappa shape index (κ2) is 8.56. The molecule has 1 fully saturated rings. The largest absolute Gasteiger partial charge is 0.329 e. The number of pyridine rings is 1. The number of nitrogens with zero attached hydrogens (tertiary/aromatic N) is 5. The molecule has 1 aliphatic rings. The van der Waals surface area contributed by atoms with Crippen molar-refractivity contribution in [1.82, 2.24) is 28.9 Å². The van der Waals surface area contributed by atoms with Crippen molar-refractivity contribution in [2.24, 2.45) is 0 Å². The number of anilines is 1. The van der Waals surface area contributed by atoms with Gasteiger partial charge in [-0.05, 0) is 43.5 Å². The van der Waals surface area contributed by atoms with E-state index in [9.17, 15) is 14.4 Å². The molecule has 36 heavy (non-hydrogen) atoms. The van der Waals surface area contributed by atoms with Crippen LogP contribution in [0, 0.1) is 0 Å². The molecule has 0 unspecified atom stereocenters. The number of hydrogen-bond donors (Lipinski definition) is 2. The Morgan fingerprint density at radius 2 is 1.97 bits per heavy atom. The van der Waals surface area contributed by atoms with Crippen LogP contribution in [-0.2, 0) is 6.54 Å². The van der Waals surface area contributed by atoms with Crippen LogP contribution in [0.3, 0.4) is 0 Å². The van der Waals surface area contributed by atoms with Crippen molar-refractivity contribution in [1.29, 1.82) is 0 Å². The molecule has 5 aromatic rings. The number of nitrogens with one attached hydrogen (secondary N) is 2. The molecular weight excluding hydrogens is 458 g/mol. The van der Waals surface area contributed by atoms with Gasteiger partial charge in [0.15, 0.2) is 5.65 Å². The molecule has 180 valence electrons. The van der Waals surface area contributed by atoms with E-state index in [0.29, 0.717) is 24.4 Å². The molecule has 0 radical (unpaired) electrons. The molecule has 4 aromatic heterocycles. The van der Waals surface area contributed by atoms with Crippen LogP contribution in [0.4, 0.5) is 5.69 Å². The van der Waals surface area contributed by atoms with E-state index in [0.717, 1.165) is 29.8 Å². The number of aromatic amines is 1. The lowest BCUT2D eigenvalue weighted by Gasteiger charge is -2.13. The van der Waals surface area contributed by atoms with Gasteiger partial charge in [-0.25, -0.2) is 19.7 Å². The highest BCUT2D eigenvalue weighted by atomic mass is 16.2. The van der Waals surface area contributed by atoms with Crippen LogP contribution in [0.15, 0.2) is 64.6 Å². The van der Waals surface area contributed by atoms with E-state index in [-0.39, 0.29) is 22.5 Å². The standard InChI is InChI=1S/C26H23N7O3/c1-2-11-33-22-21(24(35)31-26(33)36)18(13-19(29-22)15-4-5-15)23(34)28-17-8-6-16(7-9-17)20-14-32-12-3-10-27-25(32)30-20/h3,6-10,12-15H,2,4-5,11H2,1H3,(H,28,34)(H,31,35,36). The third-order valence-corrected chi connectivity index (χ3v) is 6.33. The van der Waals surface area contributed by atoms with Gasteiger partial charge < -0.3 is 5.32 Å². The number of rotatable bonds is 6. The second-order valence-corrected chi connectivity index (χ2v) is 8.96. The lowest BCUT2D eigenvalue weighted by atomic mass is 10.1. The molecule has 0 saturated heterocycles. The van der Waals surface area contributed by atoms with Crippen LogP contribution in [0.25, 0.3) is 28.1 Å². The summed E-state index contributed by atoms with van der Waals surface area (Å²) in [4.78, 5) is 54.4. The monoisotopic (exact) mass is 481 g/mol. The lowest BCUT2D eigenvalue weighted by molar-refractivity contribution is 0.102. The van der Waals surface area contributed by atoms with Crippen LogP contribution in [-0.4, -0.2) is 34.8 Å². The van der Waals surface area contributed by atoms with Crippen LogP contribution in [0.1, 0.15) is 48.2 Å². The van der Waals surface area contributed by atoms with E-state index in [1.54, 1.807) is 24.4 Å². The van der Waals surface area contributed by atoms with Crippen molar-refractivity contribution in [3.63, 3.8) is 0 Å². The van der Waals surface area contributed by atoms with Gasteiger partial charge in [-0.2, -0.15) is 0 Å². The van der Waals surface area contributed by atoms with Crippen molar-refractivity contribution in [3.05, 3.63) is 87.1 Å². The Morgan fingerprint density at radius 1 is 1.17 bits per heavy atom. The molecule has 0 aliphatic heterocycles. The maximum atomic E-state index is 13.4. The van der Waals surface area contributed by atoms with Gasteiger partial charge in [0, 0.05) is 48.0 Å². The van der Waals surface area contributed by atoms with Gasteiger partial charge in [0.1, 0.15) is 0 Å². The Morgan fingerprint density at radius 3 is 2.69 bits per heavy atom. The van der Waals surface area contributed by atoms with Crippen LogP contribution in [0.5, 0.6) is 0 Å². The van der Waals surface area contributed by atoms with E-state index >= 15 is 0 Å². The molecule has 1 saturated carbocycles. The summed E-state index contributed by atoms with van der Waals surface area (Å²) in [6.07, 6.45) is 8.09. The number of benzene rings is 1. The lowest BCUT2D eigenvalue weighted by Crippen LogP contribution is -2.32. The maximum absolute atomic E-state index is 13.4. The number of H-pyrrole nitrogens is 1. The molecule has 1 aliphatic carbocycles. The Bertz CT molecular complexity index is 1710. The zero-order valence-electron chi connectivity index (χ0n) is 19.6. The van der Waals surface area contributed by atoms with Crippen molar-refractivity contribution >= 4 is 28.4 Å². The maximum Gasteiger partial charge on any atom is 0.329 e. The van der Waals surface area contributed by atoms with Crippen molar-refractivity contribution < 1.29 is 4.79 Å². The molecule has 0 spiro atoms. The van der Waals surface area contributed by atoms with Gasteiger partial charge in [0.2, 0.25) is 5.78 Å². The van der Waals surface area contributed by atoms with Crippen molar-refractivity contribution in [2.75, 3.05) is 5.32 Å². The third-order valence-electron chi connectivity index (χ3n) is 6.33. The zero-order valence-corrected chi connectivity index (χ0v) is 19.6. The van der Waals surface area contributed by atoms with Gasteiger partial charge in [0.05, 0.1) is 16.6 Å². The third kappa shape index (κ3) is 3.86. The van der Waals surface area contributed by atoms with Gasteiger partial charge in [0.25, 0.3) is 11.5 Å². The van der Waals surface area contributed by atoms with E-state index < -0.39 is 17.2 Å². The Balaban J connectivity index is 1.36. The van der Waals surface area contributed by atoms with Gasteiger partial charge in [-0.15, -0.1) is 0 Å². The van der Waals surface area contributed by atoms with Crippen LogP contribution >= 0.6 is 0 Å². The smallest absolute Gasteiger partial charge is 0.322 e. The average Bonchev–Trinajstić information content (AvgIpc) is 3.64. The van der Waals surface area contributed by atoms with E-state index in [4.69, 9.17) is 0 Å². The number of aromatic nitrogens is 6. The highest BCUT2D eigenvalue weighted by Crippen LogP contribution is 2.40. The zero-order chi connectivity index (χ0) is 24.8. The Hall–Kier alpha value is -4.60. The number of carbonyl (C=O) groups excluding carboxylic acids is 1. The molecule has 10 heteroatoms. The first-order valence-corrected chi connectivity index (χ1v) is 11.9. The fourth-order valence-corrected chi connectivity index (χ4v) is 4.38. The first-order chi connectivity index (χ1) is 17.5. The highest BCUT2D eigenvalue weighted by Gasteiger charge is 2.28. The minimum absolute atomic E-state index is 0.124. The molecule has 1 amide bonds. The first-order valence-electron chi connectivity index (χ1n) is 11.9. The van der Waals surface area contributed by atoms with Gasteiger partial charge >= 0.3 is 5.69 Å². The number of carbonyl (C=O) groups is 1. The minimum Gasteiger partial charge on any atom is -0.322 e. The summed E-state index contributed by atoms with van der Waals surface area (Å²) >= 11 is 0.